The van der Waals surface area contributed by atoms with Crippen LogP contribution in [0.4, 0.5) is 0 Å². The third-order valence-electron chi connectivity index (χ3n) is 3.10. The molecule has 1 saturated heterocycles. The van der Waals surface area contributed by atoms with Crippen LogP contribution in [0.25, 0.3) is 0 Å². The molecule has 1 heterocycles. The maximum atomic E-state index is 11.1. The first kappa shape index (κ1) is 9.25. The zero-order valence-electron chi connectivity index (χ0n) is 8.60. The SMILES string of the molecule is CC(=O)N1CC(c2ccccc2)C1C. The van der Waals surface area contributed by atoms with E-state index < -0.39 is 0 Å². The van der Waals surface area contributed by atoms with Crippen LogP contribution in [0.15, 0.2) is 30.3 Å². The molecule has 0 bridgehead atoms. The van der Waals surface area contributed by atoms with Gasteiger partial charge < -0.3 is 4.90 Å². The normalized spacial score (nSPS) is 25.7. The molecule has 0 saturated carbocycles. The lowest BCUT2D eigenvalue weighted by atomic mass is 9.83. The van der Waals surface area contributed by atoms with Crippen LogP contribution in [0, 0.1) is 0 Å². The van der Waals surface area contributed by atoms with Gasteiger partial charge in [-0.25, -0.2) is 0 Å². The lowest BCUT2D eigenvalue weighted by molar-refractivity contribution is -0.137. The Bertz CT molecular complexity index is 333. The highest BCUT2D eigenvalue weighted by atomic mass is 16.2. The number of carbonyl (C=O) groups is 1. The summed E-state index contributed by atoms with van der Waals surface area (Å²) in [5.41, 5.74) is 1.34. The minimum Gasteiger partial charge on any atom is -0.339 e. The third-order valence-corrected chi connectivity index (χ3v) is 3.10. The van der Waals surface area contributed by atoms with Crippen LogP contribution in [0.3, 0.4) is 0 Å². The van der Waals surface area contributed by atoms with E-state index in [2.05, 4.69) is 31.2 Å². The molecule has 1 aromatic rings. The van der Waals surface area contributed by atoms with Crippen molar-refractivity contribution in [1.82, 2.24) is 4.90 Å². The summed E-state index contributed by atoms with van der Waals surface area (Å²) in [6.07, 6.45) is 0. The molecule has 1 amide bonds. The number of hydrogen-bond donors (Lipinski definition) is 0. The van der Waals surface area contributed by atoms with Crippen molar-refractivity contribution in [2.45, 2.75) is 25.8 Å². The van der Waals surface area contributed by atoms with E-state index in [0.29, 0.717) is 12.0 Å². The van der Waals surface area contributed by atoms with Gasteiger partial charge in [-0.05, 0) is 12.5 Å². The largest absolute Gasteiger partial charge is 0.339 e. The van der Waals surface area contributed by atoms with E-state index in [9.17, 15) is 4.79 Å². The Hall–Kier alpha value is -1.31. The Morgan fingerprint density at radius 3 is 2.50 bits per heavy atom. The Labute approximate surface area is 84.5 Å². The van der Waals surface area contributed by atoms with Crippen LogP contribution in [-0.2, 0) is 4.79 Å². The predicted molar refractivity (Wildman–Crippen MR) is 56.0 cm³/mol. The standard InChI is InChI=1S/C12H15NO/c1-9-12(8-13(9)10(2)14)11-6-4-3-5-7-11/h3-7,9,12H,8H2,1-2H3. The maximum Gasteiger partial charge on any atom is 0.219 e. The van der Waals surface area contributed by atoms with Crippen molar-refractivity contribution in [3.8, 4) is 0 Å². The summed E-state index contributed by atoms with van der Waals surface area (Å²) in [5.74, 6) is 0.713. The summed E-state index contributed by atoms with van der Waals surface area (Å²) >= 11 is 0. The smallest absolute Gasteiger partial charge is 0.219 e. The average Bonchev–Trinajstić information content (AvgIpc) is 2.17. The second kappa shape index (κ2) is 3.45. The number of amides is 1. The molecular formula is C12H15NO. The number of nitrogens with zero attached hydrogens (tertiary/aromatic N) is 1. The zero-order chi connectivity index (χ0) is 10.1. The number of benzene rings is 1. The second-order valence-corrected chi connectivity index (χ2v) is 3.93. The summed E-state index contributed by atoms with van der Waals surface area (Å²) in [6.45, 7) is 4.63. The van der Waals surface area contributed by atoms with E-state index in [1.807, 2.05) is 11.0 Å². The van der Waals surface area contributed by atoms with E-state index in [4.69, 9.17) is 0 Å². The van der Waals surface area contributed by atoms with Gasteiger partial charge in [0.2, 0.25) is 5.91 Å². The highest BCUT2D eigenvalue weighted by Crippen LogP contribution is 2.33. The second-order valence-electron chi connectivity index (χ2n) is 3.93. The van der Waals surface area contributed by atoms with Gasteiger partial charge in [0.25, 0.3) is 0 Å². The van der Waals surface area contributed by atoms with Crippen LogP contribution in [0.5, 0.6) is 0 Å². The van der Waals surface area contributed by atoms with Crippen molar-refractivity contribution < 1.29 is 4.79 Å². The summed E-state index contributed by atoms with van der Waals surface area (Å²) in [5, 5.41) is 0. The van der Waals surface area contributed by atoms with Crippen molar-refractivity contribution in [2.75, 3.05) is 6.54 Å². The maximum absolute atomic E-state index is 11.1. The van der Waals surface area contributed by atoms with Gasteiger partial charge in [0.05, 0.1) is 0 Å². The van der Waals surface area contributed by atoms with Crippen molar-refractivity contribution in [1.29, 1.82) is 0 Å². The van der Waals surface area contributed by atoms with Crippen LogP contribution >= 0.6 is 0 Å². The Morgan fingerprint density at radius 2 is 2.00 bits per heavy atom. The predicted octanol–water partition coefficient (Wildman–Crippen LogP) is 2.02. The average molecular weight is 189 g/mol. The zero-order valence-corrected chi connectivity index (χ0v) is 8.60. The van der Waals surface area contributed by atoms with Crippen LogP contribution < -0.4 is 0 Å². The fourth-order valence-electron chi connectivity index (χ4n) is 2.11. The Morgan fingerprint density at radius 1 is 1.36 bits per heavy atom. The van der Waals surface area contributed by atoms with Crippen LogP contribution in [-0.4, -0.2) is 23.4 Å². The van der Waals surface area contributed by atoms with Gasteiger partial charge >= 0.3 is 0 Å². The molecule has 2 unspecified atom stereocenters. The first-order valence-corrected chi connectivity index (χ1v) is 5.02. The van der Waals surface area contributed by atoms with Crippen molar-refractivity contribution >= 4 is 5.91 Å². The Kier molecular flexibility index (Phi) is 2.28. The van der Waals surface area contributed by atoms with E-state index in [-0.39, 0.29) is 5.91 Å². The van der Waals surface area contributed by atoms with Gasteiger partial charge in [0.15, 0.2) is 0 Å². The van der Waals surface area contributed by atoms with E-state index in [1.54, 1.807) is 6.92 Å². The lowest BCUT2D eigenvalue weighted by Gasteiger charge is -2.46. The monoisotopic (exact) mass is 189 g/mol. The minimum absolute atomic E-state index is 0.185. The number of hydrogen-bond acceptors (Lipinski definition) is 1. The first-order valence-electron chi connectivity index (χ1n) is 5.02. The van der Waals surface area contributed by atoms with Crippen molar-refractivity contribution in [3.63, 3.8) is 0 Å². The minimum atomic E-state index is 0.185. The van der Waals surface area contributed by atoms with E-state index in [0.717, 1.165) is 6.54 Å². The topological polar surface area (TPSA) is 20.3 Å². The summed E-state index contributed by atoms with van der Waals surface area (Å²) in [7, 11) is 0. The quantitative estimate of drug-likeness (QED) is 0.662. The summed E-state index contributed by atoms with van der Waals surface area (Å²) in [4.78, 5) is 13.1. The molecule has 0 N–H and O–H groups in total. The molecule has 1 fully saturated rings. The van der Waals surface area contributed by atoms with Gasteiger partial charge in [0, 0.05) is 25.4 Å². The molecule has 0 radical (unpaired) electrons. The third kappa shape index (κ3) is 1.41. The molecule has 0 aliphatic carbocycles. The molecule has 1 aliphatic rings. The number of rotatable bonds is 1. The summed E-state index contributed by atoms with van der Waals surface area (Å²) < 4.78 is 0. The summed E-state index contributed by atoms with van der Waals surface area (Å²) in [6, 6.07) is 10.8. The first-order chi connectivity index (χ1) is 6.70. The van der Waals surface area contributed by atoms with Crippen LogP contribution in [0.2, 0.25) is 0 Å². The van der Waals surface area contributed by atoms with E-state index in [1.165, 1.54) is 5.56 Å². The number of likely N-dealkylation sites (tertiary alicyclic amines) is 1. The molecule has 2 nitrogen and oxygen atoms in total. The fraction of sp³-hybridized carbons (Fsp3) is 0.417. The Balaban J connectivity index is 2.08. The van der Waals surface area contributed by atoms with Gasteiger partial charge in [-0.2, -0.15) is 0 Å². The molecule has 74 valence electrons. The fourth-order valence-corrected chi connectivity index (χ4v) is 2.11. The van der Waals surface area contributed by atoms with Gasteiger partial charge in [-0.1, -0.05) is 30.3 Å². The van der Waals surface area contributed by atoms with E-state index >= 15 is 0 Å². The number of carbonyl (C=O) groups excluding carboxylic acids is 1. The molecule has 2 rings (SSSR count). The molecule has 2 heteroatoms. The van der Waals surface area contributed by atoms with Crippen LogP contribution in [0.1, 0.15) is 25.3 Å². The van der Waals surface area contributed by atoms with Gasteiger partial charge in [-0.15, -0.1) is 0 Å². The molecule has 14 heavy (non-hydrogen) atoms. The molecule has 0 spiro atoms. The van der Waals surface area contributed by atoms with Gasteiger partial charge in [0.1, 0.15) is 0 Å². The lowest BCUT2D eigenvalue weighted by Crippen LogP contribution is -2.54. The molecule has 0 aromatic heterocycles. The molecule has 1 aromatic carbocycles. The van der Waals surface area contributed by atoms with Gasteiger partial charge in [-0.3, -0.25) is 4.79 Å². The molecule has 2 atom stereocenters. The van der Waals surface area contributed by atoms with Crippen molar-refractivity contribution in [3.05, 3.63) is 35.9 Å². The highest BCUT2D eigenvalue weighted by molar-refractivity contribution is 5.75. The molecular weight excluding hydrogens is 174 g/mol. The van der Waals surface area contributed by atoms with Crippen molar-refractivity contribution in [2.24, 2.45) is 0 Å². The highest BCUT2D eigenvalue weighted by Gasteiger charge is 2.37. The molecule has 1 aliphatic heterocycles.